The van der Waals surface area contributed by atoms with Gasteiger partial charge in [0.1, 0.15) is 22.9 Å². The number of rotatable bonds is 6. The van der Waals surface area contributed by atoms with Crippen LogP contribution in [0.3, 0.4) is 0 Å². The zero-order chi connectivity index (χ0) is 22.8. The normalized spacial score (nSPS) is 12.0. The lowest BCUT2D eigenvalue weighted by molar-refractivity contribution is 0.0939. The second-order valence-corrected chi connectivity index (χ2v) is 7.62. The van der Waals surface area contributed by atoms with Crippen molar-refractivity contribution in [1.82, 2.24) is 9.88 Å². The van der Waals surface area contributed by atoms with E-state index in [0.717, 1.165) is 11.3 Å². The Kier molecular flexibility index (Phi) is 5.81. The first-order valence-corrected chi connectivity index (χ1v) is 10.2. The molecule has 2 aromatic heterocycles. The fourth-order valence-corrected chi connectivity index (χ4v) is 3.74. The van der Waals surface area contributed by atoms with Crippen molar-refractivity contribution >= 4 is 16.9 Å². The fourth-order valence-electron chi connectivity index (χ4n) is 3.74. The summed E-state index contributed by atoms with van der Waals surface area (Å²) in [6, 6.07) is 14.8. The van der Waals surface area contributed by atoms with Gasteiger partial charge in [0.15, 0.2) is 0 Å². The summed E-state index contributed by atoms with van der Waals surface area (Å²) in [5, 5.41) is 3.14. The number of aromatic nitrogens is 1. The van der Waals surface area contributed by atoms with Gasteiger partial charge < -0.3 is 19.0 Å². The van der Waals surface area contributed by atoms with Gasteiger partial charge in [0.25, 0.3) is 11.5 Å². The van der Waals surface area contributed by atoms with E-state index in [4.69, 9.17) is 9.15 Å². The van der Waals surface area contributed by atoms with E-state index < -0.39 is 5.91 Å². The van der Waals surface area contributed by atoms with E-state index in [-0.39, 0.29) is 34.9 Å². The monoisotopic (exact) mass is 434 g/mol. The average molecular weight is 434 g/mol. The number of furan rings is 1. The minimum absolute atomic E-state index is 0.181. The number of aryl methyl sites for hydroxylation is 1. The van der Waals surface area contributed by atoms with Crippen LogP contribution in [0.2, 0.25) is 0 Å². The number of ether oxygens (including phenoxy) is 1. The minimum Gasteiger partial charge on any atom is -0.497 e. The molecule has 1 atom stereocenters. The molecule has 0 aliphatic carbocycles. The van der Waals surface area contributed by atoms with Gasteiger partial charge in [-0.3, -0.25) is 9.59 Å². The summed E-state index contributed by atoms with van der Waals surface area (Å²) in [6.07, 6.45) is 1.58. The van der Waals surface area contributed by atoms with Crippen molar-refractivity contribution < 1.29 is 18.3 Å². The molecule has 6 nitrogen and oxygen atoms in total. The number of nitrogens with zero attached hydrogens (tertiary/aromatic N) is 1. The number of fused-ring (bicyclic) bond motifs is 1. The van der Waals surface area contributed by atoms with Crippen molar-refractivity contribution in [1.29, 1.82) is 0 Å². The summed E-state index contributed by atoms with van der Waals surface area (Å²) in [7, 11) is 1.59. The molecular formula is C25H23FN2O4. The van der Waals surface area contributed by atoms with Gasteiger partial charge in [-0.05, 0) is 55.3 Å². The van der Waals surface area contributed by atoms with Crippen molar-refractivity contribution in [2.75, 3.05) is 7.11 Å². The molecule has 0 aliphatic rings. The van der Waals surface area contributed by atoms with Crippen molar-refractivity contribution in [3.63, 3.8) is 0 Å². The number of carbonyl (C=O) groups excluding carboxylic acids is 1. The number of benzene rings is 2. The lowest BCUT2D eigenvalue weighted by Gasteiger charge is -2.15. The number of hydrogen-bond donors (Lipinski definition) is 1. The minimum atomic E-state index is -0.398. The van der Waals surface area contributed by atoms with Crippen molar-refractivity contribution in [2.45, 2.75) is 26.4 Å². The van der Waals surface area contributed by atoms with E-state index in [1.54, 1.807) is 38.4 Å². The van der Waals surface area contributed by atoms with Gasteiger partial charge in [-0.1, -0.05) is 24.3 Å². The number of nitrogens with one attached hydrogen (secondary N) is 1. The maximum atomic E-state index is 13.5. The van der Waals surface area contributed by atoms with Crippen LogP contribution < -0.4 is 15.6 Å². The summed E-state index contributed by atoms with van der Waals surface area (Å²) in [5.74, 6) is 0.316. The van der Waals surface area contributed by atoms with E-state index >= 15 is 0 Å². The second-order valence-electron chi connectivity index (χ2n) is 7.62. The highest BCUT2D eigenvalue weighted by Crippen LogP contribution is 2.24. The molecule has 164 valence electrons. The maximum Gasteiger partial charge on any atom is 0.262 e. The fraction of sp³-hybridized carbons (Fsp3) is 0.200. The predicted molar refractivity (Wildman–Crippen MR) is 120 cm³/mol. The number of pyridine rings is 1. The summed E-state index contributed by atoms with van der Waals surface area (Å²) in [6.45, 7) is 3.70. The maximum absolute atomic E-state index is 13.5. The van der Waals surface area contributed by atoms with Crippen LogP contribution in [0, 0.1) is 12.7 Å². The molecule has 1 amide bonds. The zero-order valence-corrected chi connectivity index (χ0v) is 18.0. The van der Waals surface area contributed by atoms with Gasteiger partial charge in [0.2, 0.25) is 0 Å². The van der Waals surface area contributed by atoms with Crippen LogP contribution in [0.15, 0.2) is 70.0 Å². The third-order valence-electron chi connectivity index (χ3n) is 5.42. The van der Waals surface area contributed by atoms with Gasteiger partial charge in [0, 0.05) is 6.20 Å². The number of amides is 1. The van der Waals surface area contributed by atoms with Gasteiger partial charge in [-0.2, -0.15) is 0 Å². The molecule has 0 fully saturated rings. The lowest BCUT2D eigenvalue weighted by atomic mass is 10.1. The largest absolute Gasteiger partial charge is 0.497 e. The first kappa shape index (κ1) is 21.4. The molecule has 0 bridgehead atoms. The quantitative estimate of drug-likeness (QED) is 0.482. The number of methoxy groups -OCH3 is 1. The van der Waals surface area contributed by atoms with Crippen LogP contribution in [-0.4, -0.2) is 17.6 Å². The Morgan fingerprint density at radius 1 is 1.19 bits per heavy atom. The average Bonchev–Trinajstić information content (AvgIpc) is 3.12. The first-order chi connectivity index (χ1) is 15.4. The molecule has 0 saturated heterocycles. The molecule has 4 aromatic rings. The Balaban J connectivity index is 1.66. The van der Waals surface area contributed by atoms with Crippen molar-refractivity contribution in [2.24, 2.45) is 0 Å². The molecule has 0 unspecified atom stereocenters. The number of hydrogen-bond acceptors (Lipinski definition) is 4. The van der Waals surface area contributed by atoms with Gasteiger partial charge in [-0.15, -0.1) is 0 Å². The van der Waals surface area contributed by atoms with Gasteiger partial charge in [0.05, 0.1) is 30.6 Å². The first-order valence-electron chi connectivity index (χ1n) is 10.2. The molecule has 0 radical (unpaired) electrons. The van der Waals surface area contributed by atoms with Crippen LogP contribution in [0.5, 0.6) is 5.75 Å². The smallest absolute Gasteiger partial charge is 0.262 e. The summed E-state index contributed by atoms with van der Waals surface area (Å²) in [4.78, 5) is 26.3. The van der Waals surface area contributed by atoms with Crippen LogP contribution in [0.25, 0.3) is 11.0 Å². The standard InChI is InChI=1S/C25H23FN2O4/c1-15(18-7-9-20(31-3)10-8-18)27-24(29)22-16(2)32-21-11-12-28(25(30)23(21)22)14-17-5-4-6-19(26)13-17/h4-13,15H,14H2,1-3H3,(H,27,29)/t15-/m1/s1. The molecule has 1 N–H and O–H groups in total. The third kappa shape index (κ3) is 4.14. The van der Waals surface area contributed by atoms with E-state index in [2.05, 4.69) is 5.32 Å². The Labute approximate surface area is 184 Å². The number of carbonyl (C=O) groups is 1. The van der Waals surface area contributed by atoms with Crippen molar-refractivity contribution in [3.05, 3.63) is 99.4 Å². The summed E-state index contributed by atoms with van der Waals surface area (Å²) < 4.78 is 25.8. The molecule has 0 spiro atoms. The highest BCUT2D eigenvalue weighted by Gasteiger charge is 2.23. The van der Waals surface area contributed by atoms with Crippen molar-refractivity contribution in [3.8, 4) is 5.75 Å². The van der Waals surface area contributed by atoms with Gasteiger partial charge in [-0.25, -0.2) is 4.39 Å². The molecule has 7 heteroatoms. The Morgan fingerprint density at radius 3 is 2.62 bits per heavy atom. The molecule has 0 saturated carbocycles. The van der Waals surface area contributed by atoms with Crippen LogP contribution >= 0.6 is 0 Å². The SMILES string of the molecule is COc1ccc([C@@H](C)NC(=O)c2c(C)oc3ccn(Cc4cccc(F)c4)c(=O)c23)cc1. The summed E-state index contributed by atoms with van der Waals surface area (Å²) >= 11 is 0. The Morgan fingerprint density at radius 2 is 1.94 bits per heavy atom. The molecule has 2 heterocycles. The van der Waals surface area contributed by atoms with Crippen LogP contribution in [-0.2, 0) is 6.54 Å². The van der Waals surface area contributed by atoms with E-state index in [1.807, 2.05) is 31.2 Å². The molecule has 4 rings (SSSR count). The van der Waals surface area contributed by atoms with E-state index in [0.29, 0.717) is 16.9 Å². The third-order valence-corrected chi connectivity index (χ3v) is 5.42. The zero-order valence-electron chi connectivity index (χ0n) is 18.0. The van der Waals surface area contributed by atoms with Crippen LogP contribution in [0.1, 0.15) is 40.2 Å². The lowest BCUT2D eigenvalue weighted by Crippen LogP contribution is -2.29. The molecule has 2 aromatic carbocycles. The topological polar surface area (TPSA) is 73.5 Å². The Bertz CT molecular complexity index is 1340. The van der Waals surface area contributed by atoms with Crippen LogP contribution in [0.4, 0.5) is 4.39 Å². The Hall–Kier alpha value is -3.87. The highest BCUT2D eigenvalue weighted by atomic mass is 19.1. The molecule has 0 aliphatic heterocycles. The highest BCUT2D eigenvalue weighted by molar-refractivity contribution is 6.07. The van der Waals surface area contributed by atoms with Gasteiger partial charge >= 0.3 is 0 Å². The van der Waals surface area contributed by atoms with E-state index in [9.17, 15) is 14.0 Å². The predicted octanol–water partition coefficient (Wildman–Crippen LogP) is 4.59. The molecular weight excluding hydrogens is 411 g/mol. The van der Waals surface area contributed by atoms with E-state index in [1.165, 1.54) is 16.7 Å². The number of halogens is 1. The summed E-state index contributed by atoms with van der Waals surface area (Å²) in [5.41, 5.74) is 1.72. The molecule has 32 heavy (non-hydrogen) atoms. The second kappa shape index (κ2) is 8.70.